The molecule has 0 unspecified atom stereocenters. The van der Waals surface area contributed by atoms with E-state index in [1.807, 2.05) is 12.1 Å². The zero-order valence-corrected chi connectivity index (χ0v) is 22.9. The summed E-state index contributed by atoms with van der Waals surface area (Å²) in [7, 11) is -1.88. The Morgan fingerprint density at radius 3 is 2.48 bits per heavy atom. The van der Waals surface area contributed by atoms with Gasteiger partial charge in [-0.05, 0) is 64.6 Å². The van der Waals surface area contributed by atoms with E-state index < -0.39 is 8.32 Å². The van der Waals surface area contributed by atoms with Crippen molar-refractivity contribution in [3.05, 3.63) is 38.4 Å². The number of anilines is 3. The van der Waals surface area contributed by atoms with Crippen LogP contribution in [-0.4, -0.2) is 24.3 Å². The van der Waals surface area contributed by atoms with Crippen molar-refractivity contribution in [3.8, 4) is 0 Å². The van der Waals surface area contributed by atoms with Gasteiger partial charge in [0.1, 0.15) is 5.02 Å². The van der Waals surface area contributed by atoms with Crippen LogP contribution in [0.4, 0.5) is 17.5 Å². The van der Waals surface area contributed by atoms with Gasteiger partial charge in [-0.3, -0.25) is 0 Å². The maximum atomic E-state index is 6.49. The largest absolute Gasteiger partial charge is 0.413 e. The fraction of sp³-hybridized carbons (Fsp3) is 0.545. The second kappa shape index (κ2) is 9.95. The summed E-state index contributed by atoms with van der Waals surface area (Å²) in [5.41, 5.74) is 1.79. The number of hydrogen-bond acceptors (Lipinski definition) is 5. The molecular formula is C22H31BrCl2N4OSi. The first-order chi connectivity index (χ1) is 14.5. The minimum Gasteiger partial charge on any atom is -0.413 e. The van der Waals surface area contributed by atoms with Gasteiger partial charge in [0.15, 0.2) is 14.1 Å². The molecular weight excluding hydrogens is 515 g/mol. The highest BCUT2D eigenvalue weighted by molar-refractivity contribution is 9.10. The van der Waals surface area contributed by atoms with Crippen molar-refractivity contribution in [2.75, 3.05) is 10.6 Å². The molecule has 0 bridgehead atoms. The molecule has 0 spiro atoms. The topological polar surface area (TPSA) is 59.1 Å². The average Bonchev–Trinajstić information content (AvgIpc) is 3.18. The molecule has 5 nitrogen and oxygen atoms in total. The van der Waals surface area contributed by atoms with Crippen LogP contribution in [0.15, 0.2) is 22.8 Å². The van der Waals surface area contributed by atoms with Gasteiger partial charge in [-0.15, -0.1) is 0 Å². The fourth-order valence-electron chi connectivity index (χ4n) is 3.22. The van der Waals surface area contributed by atoms with E-state index in [1.54, 1.807) is 6.20 Å². The third-order valence-corrected chi connectivity index (χ3v) is 12.4. The Morgan fingerprint density at radius 1 is 1.16 bits per heavy atom. The maximum absolute atomic E-state index is 6.49. The molecule has 3 rings (SSSR count). The van der Waals surface area contributed by atoms with Crippen LogP contribution in [0.2, 0.25) is 28.2 Å². The highest BCUT2D eigenvalue weighted by Gasteiger charge is 2.37. The van der Waals surface area contributed by atoms with Gasteiger partial charge in [0.25, 0.3) is 0 Å². The molecule has 0 saturated heterocycles. The summed E-state index contributed by atoms with van der Waals surface area (Å²) in [6, 6.07) is 4.29. The molecule has 1 aliphatic rings. The van der Waals surface area contributed by atoms with Crippen molar-refractivity contribution in [3.63, 3.8) is 0 Å². The summed E-state index contributed by atoms with van der Waals surface area (Å²) in [6.07, 6.45) is 6.38. The second-order valence-corrected chi connectivity index (χ2v) is 16.0. The van der Waals surface area contributed by atoms with Crippen LogP contribution in [0, 0.1) is 0 Å². The number of benzene rings is 1. The molecule has 1 aromatic carbocycles. The van der Waals surface area contributed by atoms with E-state index >= 15 is 0 Å². The SMILES string of the molecule is CC(C)(C)[Si](C)(C)OCc1cc(Nc2ncc(Cl)c(NC3CCCC3)n2)cc(Cl)c1Br. The first-order valence-corrected chi connectivity index (χ1v) is 15.1. The van der Waals surface area contributed by atoms with Crippen LogP contribution in [0.25, 0.3) is 0 Å². The molecule has 0 atom stereocenters. The van der Waals surface area contributed by atoms with Crippen molar-refractivity contribution in [2.24, 2.45) is 0 Å². The van der Waals surface area contributed by atoms with E-state index in [2.05, 4.69) is 70.4 Å². The van der Waals surface area contributed by atoms with Gasteiger partial charge in [-0.2, -0.15) is 4.98 Å². The molecule has 170 valence electrons. The van der Waals surface area contributed by atoms with Crippen LogP contribution in [0.1, 0.15) is 52.0 Å². The van der Waals surface area contributed by atoms with Crippen LogP contribution in [-0.2, 0) is 11.0 Å². The number of hydrogen-bond donors (Lipinski definition) is 2. The molecule has 1 aromatic heterocycles. The molecule has 2 N–H and O–H groups in total. The molecule has 1 heterocycles. The molecule has 0 amide bonds. The number of nitrogens with one attached hydrogen (secondary N) is 2. The van der Waals surface area contributed by atoms with E-state index in [0.717, 1.165) is 28.6 Å². The number of nitrogens with zero attached hydrogens (tertiary/aromatic N) is 2. The monoisotopic (exact) mass is 544 g/mol. The highest BCUT2D eigenvalue weighted by Crippen LogP contribution is 2.39. The van der Waals surface area contributed by atoms with Crippen LogP contribution < -0.4 is 10.6 Å². The van der Waals surface area contributed by atoms with Gasteiger partial charge in [0.05, 0.1) is 17.8 Å². The van der Waals surface area contributed by atoms with Crippen LogP contribution in [0.3, 0.4) is 0 Å². The summed E-state index contributed by atoms with van der Waals surface area (Å²) in [6.45, 7) is 11.7. The van der Waals surface area contributed by atoms with E-state index in [-0.39, 0.29) is 5.04 Å². The summed E-state index contributed by atoms with van der Waals surface area (Å²) in [5, 5.41) is 7.98. The Balaban J connectivity index is 1.77. The van der Waals surface area contributed by atoms with Crippen LogP contribution in [0.5, 0.6) is 0 Å². The normalized spacial score (nSPS) is 15.4. The van der Waals surface area contributed by atoms with Crippen molar-refractivity contribution in [2.45, 2.75) is 77.2 Å². The minimum absolute atomic E-state index is 0.138. The maximum Gasteiger partial charge on any atom is 0.229 e. The van der Waals surface area contributed by atoms with Crippen molar-refractivity contribution < 1.29 is 4.43 Å². The van der Waals surface area contributed by atoms with Crippen LogP contribution >= 0.6 is 39.1 Å². The third kappa shape index (κ3) is 6.35. The fourth-order valence-corrected chi connectivity index (χ4v) is 4.90. The summed E-state index contributed by atoms with van der Waals surface area (Å²) in [5.74, 6) is 1.13. The van der Waals surface area contributed by atoms with Gasteiger partial charge >= 0.3 is 0 Å². The quantitative estimate of drug-likeness (QED) is 0.343. The van der Waals surface area contributed by atoms with Gasteiger partial charge in [0.2, 0.25) is 5.95 Å². The van der Waals surface area contributed by atoms with Gasteiger partial charge in [-0.1, -0.05) is 56.8 Å². The first-order valence-electron chi connectivity index (χ1n) is 10.6. The average molecular weight is 546 g/mol. The Hall–Kier alpha value is -0.863. The number of aromatic nitrogens is 2. The Morgan fingerprint density at radius 2 is 1.84 bits per heavy atom. The van der Waals surface area contributed by atoms with E-state index in [4.69, 9.17) is 27.6 Å². The minimum atomic E-state index is -1.88. The molecule has 0 radical (unpaired) electrons. The predicted molar refractivity (Wildman–Crippen MR) is 137 cm³/mol. The molecule has 1 saturated carbocycles. The lowest BCUT2D eigenvalue weighted by Crippen LogP contribution is -2.40. The standard InChI is InChI=1S/C22H31BrCl2N4OSi/c1-22(2,3)31(4,5)30-13-14-10-16(11-17(24)19(14)23)28-21-26-12-18(25)20(29-21)27-15-8-6-7-9-15/h10-12,15H,6-9,13H2,1-5H3,(H2,26,27,28,29). The van der Waals surface area contributed by atoms with Crippen molar-refractivity contribution in [1.29, 1.82) is 0 Å². The Labute approximate surface area is 204 Å². The highest BCUT2D eigenvalue weighted by atomic mass is 79.9. The Kier molecular flexibility index (Phi) is 7.96. The molecule has 1 fully saturated rings. The lowest BCUT2D eigenvalue weighted by atomic mass is 10.2. The Bertz CT molecular complexity index is 930. The van der Waals surface area contributed by atoms with Crippen molar-refractivity contribution >= 4 is 64.9 Å². The van der Waals surface area contributed by atoms with E-state index in [0.29, 0.717) is 34.5 Å². The van der Waals surface area contributed by atoms with Gasteiger partial charge < -0.3 is 15.1 Å². The summed E-state index contributed by atoms with van der Waals surface area (Å²) in [4.78, 5) is 8.92. The van der Waals surface area contributed by atoms with E-state index in [1.165, 1.54) is 12.8 Å². The molecule has 31 heavy (non-hydrogen) atoms. The van der Waals surface area contributed by atoms with Gasteiger partial charge in [-0.25, -0.2) is 4.98 Å². The lowest BCUT2D eigenvalue weighted by Gasteiger charge is -2.36. The molecule has 0 aliphatic heterocycles. The smallest absolute Gasteiger partial charge is 0.229 e. The lowest BCUT2D eigenvalue weighted by molar-refractivity contribution is 0.276. The zero-order valence-electron chi connectivity index (χ0n) is 18.8. The molecule has 2 aromatic rings. The summed E-state index contributed by atoms with van der Waals surface area (Å²) < 4.78 is 7.24. The zero-order chi connectivity index (χ0) is 22.8. The number of rotatable bonds is 7. The second-order valence-electron chi connectivity index (χ2n) is 9.62. The molecule has 9 heteroatoms. The predicted octanol–water partition coefficient (Wildman–Crippen LogP) is 8.17. The van der Waals surface area contributed by atoms with E-state index in [9.17, 15) is 0 Å². The van der Waals surface area contributed by atoms with Crippen molar-refractivity contribution in [1.82, 2.24) is 9.97 Å². The molecule has 1 aliphatic carbocycles. The third-order valence-electron chi connectivity index (χ3n) is 6.19. The summed E-state index contributed by atoms with van der Waals surface area (Å²) >= 11 is 16.4. The van der Waals surface area contributed by atoms with Gasteiger partial charge in [0, 0.05) is 16.2 Å². The first kappa shape index (κ1) is 24.8. The number of halogens is 3.